The fourth-order valence-electron chi connectivity index (χ4n) is 3.10. The number of hydrogen-bond donors (Lipinski definition) is 2. The molecule has 2 heterocycles. The first-order chi connectivity index (χ1) is 14.6. The molecule has 0 aliphatic rings. The summed E-state index contributed by atoms with van der Waals surface area (Å²) in [5, 5.41) is 0.258. The predicted octanol–water partition coefficient (Wildman–Crippen LogP) is 3.91. The SMILES string of the molecule is Nc1ccc(F)c(C(=O)c2c[nH]c3ncc(-c4cccc(OS(=O)(=O)F)c4)cc23)c1F. The normalized spacial score (nSPS) is 11.6. The molecule has 0 amide bonds. The molecule has 0 aliphatic carbocycles. The first-order valence-corrected chi connectivity index (χ1v) is 9.95. The average Bonchev–Trinajstić information content (AvgIpc) is 3.13. The lowest BCUT2D eigenvalue weighted by Crippen LogP contribution is -2.09. The van der Waals surface area contributed by atoms with Crippen LogP contribution >= 0.6 is 0 Å². The number of carbonyl (C=O) groups is 1. The van der Waals surface area contributed by atoms with E-state index in [4.69, 9.17) is 5.73 Å². The highest BCUT2D eigenvalue weighted by atomic mass is 32.3. The summed E-state index contributed by atoms with van der Waals surface area (Å²) in [6.45, 7) is 0. The van der Waals surface area contributed by atoms with Gasteiger partial charge < -0.3 is 14.9 Å². The Morgan fingerprint density at radius 2 is 1.87 bits per heavy atom. The molecule has 158 valence electrons. The van der Waals surface area contributed by atoms with Gasteiger partial charge in [-0.2, -0.15) is 8.42 Å². The number of pyridine rings is 1. The number of H-pyrrole nitrogens is 1. The molecule has 0 saturated heterocycles. The molecule has 31 heavy (non-hydrogen) atoms. The fourth-order valence-corrected chi connectivity index (χ4v) is 3.44. The molecule has 4 aromatic rings. The van der Waals surface area contributed by atoms with Crippen molar-refractivity contribution in [3.05, 3.63) is 77.6 Å². The van der Waals surface area contributed by atoms with Gasteiger partial charge in [0.15, 0.2) is 5.82 Å². The van der Waals surface area contributed by atoms with E-state index in [0.29, 0.717) is 11.1 Å². The molecule has 0 bridgehead atoms. The van der Waals surface area contributed by atoms with Gasteiger partial charge in [0.2, 0.25) is 5.78 Å². The maximum absolute atomic E-state index is 14.3. The van der Waals surface area contributed by atoms with E-state index >= 15 is 0 Å². The van der Waals surface area contributed by atoms with E-state index < -0.39 is 33.5 Å². The maximum atomic E-state index is 14.3. The van der Waals surface area contributed by atoms with Gasteiger partial charge in [0.25, 0.3) is 0 Å². The van der Waals surface area contributed by atoms with Crippen LogP contribution in [0.2, 0.25) is 0 Å². The molecular weight excluding hydrogens is 435 g/mol. The van der Waals surface area contributed by atoms with Crippen molar-refractivity contribution in [2.75, 3.05) is 5.73 Å². The lowest BCUT2D eigenvalue weighted by atomic mass is 10.00. The molecule has 0 radical (unpaired) electrons. The van der Waals surface area contributed by atoms with Gasteiger partial charge >= 0.3 is 10.5 Å². The van der Waals surface area contributed by atoms with Gasteiger partial charge in [-0.25, -0.2) is 13.8 Å². The van der Waals surface area contributed by atoms with Crippen LogP contribution in [0.15, 0.2) is 54.9 Å². The second-order valence-electron chi connectivity index (χ2n) is 6.48. The van der Waals surface area contributed by atoms with Crippen LogP contribution < -0.4 is 9.92 Å². The quantitative estimate of drug-likeness (QED) is 0.272. The van der Waals surface area contributed by atoms with Crippen LogP contribution in [0.25, 0.3) is 22.2 Å². The van der Waals surface area contributed by atoms with E-state index in [1.807, 2.05) is 0 Å². The minimum Gasteiger partial charge on any atom is -0.396 e. The summed E-state index contributed by atoms with van der Waals surface area (Å²) in [7, 11) is -5.21. The van der Waals surface area contributed by atoms with Gasteiger partial charge in [-0.3, -0.25) is 4.79 Å². The number of benzene rings is 2. The summed E-state index contributed by atoms with van der Waals surface area (Å²) < 4.78 is 66.9. The smallest absolute Gasteiger partial charge is 0.396 e. The Kier molecular flexibility index (Phi) is 4.90. The topological polar surface area (TPSA) is 115 Å². The molecule has 3 N–H and O–H groups in total. The van der Waals surface area contributed by atoms with Gasteiger partial charge in [0.1, 0.15) is 17.2 Å². The van der Waals surface area contributed by atoms with Crippen LogP contribution in [0.4, 0.5) is 18.4 Å². The number of nitrogen functional groups attached to an aromatic ring is 1. The summed E-state index contributed by atoms with van der Waals surface area (Å²) in [5.74, 6) is -3.43. The number of anilines is 1. The largest absolute Gasteiger partial charge is 0.488 e. The Labute approximate surface area is 173 Å². The zero-order valence-electron chi connectivity index (χ0n) is 15.4. The standard InChI is InChI=1S/C20H12F3N3O4S/c21-15-4-5-16(24)18(22)17(15)19(27)14-9-26-20-13(14)7-11(8-25-20)10-2-1-3-12(6-10)30-31(23,28)29/h1-9H,24H2,(H,25,26). The van der Waals surface area contributed by atoms with Crippen molar-refractivity contribution in [3.63, 3.8) is 0 Å². The second-order valence-corrected chi connectivity index (χ2v) is 7.43. The van der Waals surface area contributed by atoms with Crippen LogP contribution in [-0.4, -0.2) is 24.2 Å². The third-order valence-electron chi connectivity index (χ3n) is 4.49. The van der Waals surface area contributed by atoms with Crippen LogP contribution in [0.1, 0.15) is 15.9 Å². The van der Waals surface area contributed by atoms with Crippen LogP contribution in [0.3, 0.4) is 0 Å². The van der Waals surface area contributed by atoms with Crippen molar-refractivity contribution in [2.45, 2.75) is 0 Å². The molecule has 11 heteroatoms. The Morgan fingerprint density at radius 1 is 1.10 bits per heavy atom. The number of rotatable bonds is 5. The number of ketones is 1. The number of carbonyl (C=O) groups excluding carboxylic acids is 1. The fraction of sp³-hybridized carbons (Fsp3) is 0. The summed E-state index contributed by atoms with van der Waals surface area (Å²) in [6.07, 6.45) is 2.68. The zero-order chi connectivity index (χ0) is 22.3. The first-order valence-electron chi connectivity index (χ1n) is 8.64. The second kappa shape index (κ2) is 7.43. The molecular formula is C20H12F3N3O4S. The summed E-state index contributed by atoms with van der Waals surface area (Å²) in [6, 6.07) is 8.93. The molecule has 0 spiro atoms. The van der Waals surface area contributed by atoms with Gasteiger partial charge in [0, 0.05) is 28.9 Å². The van der Waals surface area contributed by atoms with E-state index in [0.717, 1.165) is 12.1 Å². The number of nitrogens with two attached hydrogens (primary N) is 1. The van der Waals surface area contributed by atoms with Gasteiger partial charge in [-0.1, -0.05) is 16.0 Å². The van der Waals surface area contributed by atoms with Crippen molar-refractivity contribution in [1.29, 1.82) is 0 Å². The number of fused-ring (bicyclic) bond motifs is 1. The maximum Gasteiger partial charge on any atom is 0.488 e. The zero-order valence-corrected chi connectivity index (χ0v) is 16.2. The Balaban J connectivity index is 1.80. The van der Waals surface area contributed by atoms with E-state index in [2.05, 4.69) is 14.2 Å². The van der Waals surface area contributed by atoms with Crippen molar-refractivity contribution in [3.8, 4) is 16.9 Å². The third-order valence-corrected chi connectivity index (χ3v) is 4.88. The number of aromatic nitrogens is 2. The highest BCUT2D eigenvalue weighted by Crippen LogP contribution is 2.30. The molecule has 4 rings (SSSR count). The summed E-state index contributed by atoms with van der Waals surface area (Å²) in [5.41, 5.74) is 5.32. The van der Waals surface area contributed by atoms with Crippen LogP contribution in [0.5, 0.6) is 5.75 Å². The molecule has 0 aliphatic heterocycles. The number of nitrogens with one attached hydrogen (secondary N) is 1. The van der Waals surface area contributed by atoms with Gasteiger partial charge in [0.05, 0.1) is 11.3 Å². The molecule has 0 atom stereocenters. The average molecular weight is 447 g/mol. The predicted molar refractivity (Wildman–Crippen MR) is 106 cm³/mol. The lowest BCUT2D eigenvalue weighted by Gasteiger charge is -2.07. The molecule has 7 nitrogen and oxygen atoms in total. The minimum absolute atomic E-state index is 0.0495. The third kappa shape index (κ3) is 3.94. The molecule has 0 fully saturated rings. The van der Waals surface area contributed by atoms with Crippen molar-refractivity contribution in [2.24, 2.45) is 0 Å². The van der Waals surface area contributed by atoms with Crippen LogP contribution in [-0.2, 0) is 10.5 Å². The van der Waals surface area contributed by atoms with Crippen molar-refractivity contribution in [1.82, 2.24) is 9.97 Å². The molecule has 2 aromatic carbocycles. The highest BCUT2D eigenvalue weighted by Gasteiger charge is 2.24. The molecule has 0 saturated carbocycles. The van der Waals surface area contributed by atoms with Gasteiger partial charge in [-0.05, 0) is 35.9 Å². The van der Waals surface area contributed by atoms with Crippen molar-refractivity contribution < 1.29 is 30.1 Å². The minimum atomic E-state index is -5.21. The molecule has 2 aromatic heterocycles. The lowest BCUT2D eigenvalue weighted by molar-refractivity contribution is 0.103. The number of halogens is 3. The van der Waals surface area contributed by atoms with Gasteiger partial charge in [-0.15, -0.1) is 0 Å². The van der Waals surface area contributed by atoms with E-state index in [-0.39, 0.29) is 28.0 Å². The van der Waals surface area contributed by atoms with Crippen molar-refractivity contribution >= 4 is 33.0 Å². The first kappa shape index (κ1) is 20.4. The Morgan fingerprint density at radius 3 is 2.61 bits per heavy atom. The van der Waals surface area contributed by atoms with Crippen LogP contribution in [0, 0.1) is 11.6 Å². The van der Waals surface area contributed by atoms with E-state index in [9.17, 15) is 25.9 Å². The monoisotopic (exact) mass is 447 g/mol. The number of nitrogens with zero attached hydrogens (tertiary/aromatic N) is 1. The summed E-state index contributed by atoms with van der Waals surface area (Å²) in [4.78, 5) is 19.8. The Hall–Kier alpha value is -3.86. The highest BCUT2D eigenvalue weighted by molar-refractivity contribution is 7.81. The Bertz CT molecular complexity index is 1450. The molecule has 0 unspecified atom stereocenters. The number of hydrogen-bond acceptors (Lipinski definition) is 6. The number of aromatic amines is 1. The van der Waals surface area contributed by atoms with E-state index in [1.54, 1.807) is 6.07 Å². The summed E-state index contributed by atoms with van der Waals surface area (Å²) >= 11 is 0. The van der Waals surface area contributed by atoms with E-state index in [1.165, 1.54) is 36.7 Å².